The van der Waals surface area contributed by atoms with Crippen LogP contribution in [0.5, 0.6) is 11.5 Å². The average molecular weight is 544 g/mol. The van der Waals surface area contributed by atoms with Crippen molar-refractivity contribution in [3.05, 3.63) is 71.8 Å². The van der Waals surface area contributed by atoms with Gasteiger partial charge in [-0.2, -0.15) is 5.26 Å². The lowest BCUT2D eigenvalue weighted by molar-refractivity contribution is 0.0734. The minimum atomic E-state index is -0.467. The summed E-state index contributed by atoms with van der Waals surface area (Å²) in [5, 5.41) is 9.71. The first-order valence-electron chi connectivity index (χ1n) is 15.7. The van der Waals surface area contributed by atoms with Gasteiger partial charge in [0.25, 0.3) is 0 Å². The molecule has 1 aliphatic carbocycles. The third kappa shape index (κ3) is 11.2. The van der Waals surface area contributed by atoms with Gasteiger partial charge in [-0.05, 0) is 85.9 Å². The highest BCUT2D eigenvalue weighted by Crippen LogP contribution is 2.34. The zero-order chi connectivity index (χ0) is 28.4. The van der Waals surface area contributed by atoms with Gasteiger partial charge in [0.15, 0.2) is 0 Å². The Hall–Kier alpha value is -3.06. The number of aryl methyl sites for hydroxylation is 1. The van der Waals surface area contributed by atoms with Gasteiger partial charge in [-0.3, -0.25) is 0 Å². The summed E-state index contributed by atoms with van der Waals surface area (Å²) in [4.78, 5) is 12.7. The highest BCUT2D eigenvalue weighted by molar-refractivity contribution is 5.91. The molecule has 1 fully saturated rings. The van der Waals surface area contributed by atoms with E-state index in [1.807, 2.05) is 18.2 Å². The van der Waals surface area contributed by atoms with Crippen LogP contribution in [0.4, 0.5) is 0 Å². The molecule has 0 amide bonds. The summed E-state index contributed by atoms with van der Waals surface area (Å²) in [7, 11) is 0. The predicted molar refractivity (Wildman–Crippen MR) is 164 cm³/mol. The maximum absolute atomic E-state index is 12.7. The van der Waals surface area contributed by atoms with Gasteiger partial charge in [0, 0.05) is 0 Å². The number of allylic oxidation sites excluding steroid dienone is 1. The summed E-state index contributed by atoms with van der Waals surface area (Å²) in [5.41, 5.74) is 1.99. The van der Waals surface area contributed by atoms with Crippen LogP contribution in [0.3, 0.4) is 0 Å². The topological polar surface area (TPSA) is 59.3 Å². The number of hydrogen-bond donors (Lipinski definition) is 0. The fourth-order valence-corrected chi connectivity index (χ4v) is 5.73. The zero-order valence-electron chi connectivity index (χ0n) is 24.7. The van der Waals surface area contributed by atoms with E-state index >= 15 is 0 Å². The minimum absolute atomic E-state index is 0.317. The van der Waals surface area contributed by atoms with E-state index in [1.165, 1.54) is 70.6 Å². The van der Waals surface area contributed by atoms with Crippen LogP contribution in [0.25, 0.3) is 0 Å². The monoisotopic (exact) mass is 543 g/mol. The number of benzene rings is 2. The smallest absolute Gasteiger partial charge is 0.343 e. The Kier molecular flexibility index (Phi) is 14.4. The van der Waals surface area contributed by atoms with Crippen LogP contribution >= 0.6 is 0 Å². The van der Waals surface area contributed by atoms with Crippen LogP contribution in [0.15, 0.2) is 55.1 Å². The second-order valence-electron chi connectivity index (χ2n) is 11.5. The maximum atomic E-state index is 12.7. The second-order valence-corrected chi connectivity index (χ2v) is 11.5. The quantitative estimate of drug-likeness (QED) is 0.0812. The van der Waals surface area contributed by atoms with Gasteiger partial charge in [0.1, 0.15) is 17.6 Å². The second kappa shape index (κ2) is 18.3. The molecule has 0 saturated heterocycles. The van der Waals surface area contributed by atoms with E-state index in [9.17, 15) is 10.1 Å². The van der Waals surface area contributed by atoms with Crippen molar-refractivity contribution in [1.29, 1.82) is 5.26 Å². The zero-order valence-corrected chi connectivity index (χ0v) is 24.7. The van der Waals surface area contributed by atoms with Crippen LogP contribution in [0.2, 0.25) is 0 Å². The van der Waals surface area contributed by atoms with Crippen molar-refractivity contribution in [2.24, 2.45) is 11.8 Å². The molecule has 0 aliphatic heterocycles. The molecule has 1 saturated carbocycles. The van der Waals surface area contributed by atoms with E-state index in [1.54, 1.807) is 30.3 Å². The first kappa shape index (κ1) is 31.5. The third-order valence-corrected chi connectivity index (χ3v) is 8.30. The molecule has 0 N–H and O–H groups in total. The van der Waals surface area contributed by atoms with Crippen LogP contribution < -0.4 is 9.47 Å². The molecule has 4 heteroatoms. The summed E-state index contributed by atoms with van der Waals surface area (Å²) in [6.07, 6.45) is 21.9. The molecule has 2 aromatic carbocycles. The van der Waals surface area contributed by atoms with E-state index in [0.29, 0.717) is 23.5 Å². The van der Waals surface area contributed by atoms with Crippen molar-refractivity contribution < 1.29 is 14.3 Å². The first-order chi connectivity index (χ1) is 19.6. The Morgan fingerprint density at radius 3 is 2.33 bits per heavy atom. The average Bonchev–Trinajstić information content (AvgIpc) is 2.99. The number of hydrogen-bond acceptors (Lipinski definition) is 4. The lowest BCUT2D eigenvalue weighted by Gasteiger charge is -2.28. The standard InChI is InChI=1S/C36H49NO3/c1-3-5-7-8-9-10-12-26-39-34-23-21-32(22-24-34)36(38)40-35-25-20-31(27-33(35)28-37)19-18-30-16-14-29(15-17-30)13-11-6-4-2/h3,20-25,27,29-30H,1,4-19,26H2,2H3. The minimum Gasteiger partial charge on any atom is -0.494 e. The summed E-state index contributed by atoms with van der Waals surface area (Å²) < 4.78 is 11.4. The molecule has 216 valence electrons. The molecule has 1 aliphatic rings. The molecule has 0 aromatic heterocycles. The van der Waals surface area contributed by atoms with Gasteiger partial charge >= 0.3 is 5.97 Å². The fraction of sp³-hybridized carbons (Fsp3) is 0.556. The first-order valence-corrected chi connectivity index (χ1v) is 15.7. The van der Waals surface area contributed by atoms with E-state index < -0.39 is 5.97 Å². The number of ether oxygens (including phenoxy) is 2. The van der Waals surface area contributed by atoms with Crippen molar-refractivity contribution in [3.63, 3.8) is 0 Å². The summed E-state index contributed by atoms with van der Waals surface area (Å²) >= 11 is 0. The van der Waals surface area contributed by atoms with Crippen LogP contribution in [0.1, 0.15) is 125 Å². The van der Waals surface area contributed by atoms with Gasteiger partial charge in [0.2, 0.25) is 0 Å². The number of esters is 1. The van der Waals surface area contributed by atoms with Gasteiger partial charge in [-0.25, -0.2) is 4.79 Å². The molecule has 4 nitrogen and oxygen atoms in total. The van der Waals surface area contributed by atoms with Crippen molar-refractivity contribution in [2.75, 3.05) is 6.61 Å². The molecular weight excluding hydrogens is 494 g/mol. The van der Waals surface area contributed by atoms with Crippen LogP contribution in [0, 0.1) is 23.2 Å². The molecule has 0 bridgehead atoms. The van der Waals surface area contributed by atoms with Crippen molar-refractivity contribution >= 4 is 5.97 Å². The molecule has 40 heavy (non-hydrogen) atoms. The van der Waals surface area contributed by atoms with Crippen molar-refractivity contribution in [1.82, 2.24) is 0 Å². The highest BCUT2D eigenvalue weighted by atomic mass is 16.5. The molecular formula is C36H49NO3. The Balaban J connectivity index is 1.40. The summed E-state index contributed by atoms with van der Waals surface area (Å²) in [6, 6.07) is 14.9. The maximum Gasteiger partial charge on any atom is 0.343 e. The van der Waals surface area contributed by atoms with Gasteiger partial charge < -0.3 is 9.47 Å². The van der Waals surface area contributed by atoms with Crippen molar-refractivity contribution in [3.8, 4) is 17.6 Å². The highest BCUT2D eigenvalue weighted by Gasteiger charge is 2.21. The van der Waals surface area contributed by atoms with E-state index in [-0.39, 0.29) is 0 Å². The predicted octanol–water partition coefficient (Wildman–Crippen LogP) is 10.0. The van der Waals surface area contributed by atoms with Gasteiger partial charge in [-0.15, -0.1) is 6.58 Å². The molecule has 0 atom stereocenters. The molecule has 3 rings (SSSR count). The molecule has 0 spiro atoms. The molecule has 2 aromatic rings. The SMILES string of the molecule is C=CCCCCCCCOc1ccc(C(=O)Oc2ccc(CCC3CCC(CCCCC)CC3)cc2C#N)cc1. The molecule has 0 unspecified atom stereocenters. The number of nitrogens with zero attached hydrogens (tertiary/aromatic N) is 1. The Labute approximate surface area is 242 Å². The largest absolute Gasteiger partial charge is 0.494 e. The Morgan fingerprint density at radius 1 is 0.925 bits per heavy atom. The Bertz CT molecular complexity index is 1060. The molecule has 0 heterocycles. The fourth-order valence-electron chi connectivity index (χ4n) is 5.73. The number of nitriles is 1. The normalized spacial score (nSPS) is 16.7. The lowest BCUT2D eigenvalue weighted by Crippen LogP contribution is -2.15. The number of carbonyl (C=O) groups excluding carboxylic acids is 1. The lowest BCUT2D eigenvalue weighted by atomic mass is 9.78. The van der Waals surface area contributed by atoms with Crippen LogP contribution in [-0.2, 0) is 6.42 Å². The van der Waals surface area contributed by atoms with Gasteiger partial charge in [-0.1, -0.05) is 89.7 Å². The van der Waals surface area contributed by atoms with Gasteiger partial charge in [0.05, 0.1) is 17.7 Å². The Morgan fingerprint density at radius 2 is 1.62 bits per heavy atom. The number of carbonyl (C=O) groups is 1. The van der Waals surface area contributed by atoms with Crippen LogP contribution in [-0.4, -0.2) is 12.6 Å². The summed E-state index contributed by atoms with van der Waals surface area (Å²) in [5.74, 6) is 2.31. The van der Waals surface area contributed by atoms with E-state index in [0.717, 1.165) is 55.3 Å². The van der Waals surface area contributed by atoms with Crippen molar-refractivity contribution in [2.45, 2.75) is 110 Å². The summed E-state index contributed by atoms with van der Waals surface area (Å²) in [6.45, 7) is 6.70. The number of unbranched alkanes of at least 4 members (excludes halogenated alkanes) is 7. The third-order valence-electron chi connectivity index (χ3n) is 8.30. The number of rotatable bonds is 18. The van der Waals surface area contributed by atoms with E-state index in [2.05, 4.69) is 19.6 Å². The molecule has 0 radical (unpaired) electrons. The van der Waals surface area contributed by atoms with E-state index in [4.69, 9.17) is 9.47 Å².